The summed E-state index contributed by atoms with van der Waals surface area (Å²) in [6.07, 6.45) is 0. The SMILES string of the molecule is CCNC(=O)CN(CC)Cc1nc(C)cc(Cl)n1. The lowest BCUT2D eigenvalue weighted by molar-refractivity contribution is -0.122. The number of amides is 1. The van der Waals surface area contributed by atoms with Crippen LogP contribution in [0, 0.1) is 6.92 Å². The minimum absolute atomic E-state index is 0.0121. The van der Waals surface area contributed by atoms with Crippen molar-refractivity contribution < 1.29 is 4.79 Å². The second kappa shape index (κ2) is 7.28. The predicted molar refractivity (Wildman–Crippen MR) is 71.4 cm³/mol. The summed E-state index contributed by atoms with van der Waals surface area (Å²) in [5, 5.41) is 3.21. The highest BCUT2D eigenvalue weighted by molar-refractivity contribution is 6.29. The van der Waals surface area contributed by atoms with Gasteiger partial charge in [0.1, 0.15) is 11.0 Å². The summed E-state index contributed by atoms with van der Waals surface area (Å²) < 4.78 is 0. The first-order chi connectivity index (χ1) is 8.55. The minimum atomic E-state index is 0.0121. The number of rotatable bonds is 6. The molecule has 0 atom stereocenters. The number of likely N-dealkylation sites (N-methyl/N-ethyl adjacent to an activating group) is 2. The summed E-state index contributed by atoms with van der Waals surface area (Å²) in [6.45, 7) is 8.04. The quantitative estimate of drug-likeness (QED) is 0.794. The standard InChI is InChI=1S/C12H19ClN4O/c1-4-14-12(18)8-17(5-2)7-11-15-9(3)6-10(13)16-11/h6H,4-5,7-8H2,1-3H3,(H,14,18). The van der Waals surface area contributed by atoms with Gasteiger partial charge >= 0.3 is 0 Å². The molecule has 1 aromatic heterocycles. The molecule has 1 aromatic rings. The van der Waals surface area contributed by atoms with Gasteiger partial charge in [-0.3, -0.25) is 9.69 Å². The summed E-state index contributed by atoms with van der Waals surface area (Å²) in [7, 11) is 0. The van der Waals surface area contributed by atoms with E-state index in [0.717, 1.165) is 12.2 Å². The maximum absolute atomic E-state index is 11.5. The van der Waals surface area contributed by atoms with Crippen molar-refractivity contribution in [3.63, 3.8) is 0 Å². The van der Waals surface area contributed by atoms with E-state index in [1.54, 1.807) is 6.07 Å². The lowest BCUT2D eigenvalue weighted by atomic mass is 10.4. The second-order valence-corrected chi connectivity index (χ2v) is 4.39. The maximum Gasteiger partial charge on any atom is 0.234 e. The molecule has 0 radical (unpaired) electrons. The number of carbonyl (C=O) groups excluding carboxylic acids is 1. The molecule has 18 heavy (non-hydrogen) atoms. The average Bonchev–Trinajstić information content (AvgIpc) is 2.27. The van der Waals surface area contributed by atoms with Crippen molar-refractivity contribution in [3.8, 4) is 0 Å². The van der Waals surface area contributed by atoms with Gasteiger partial charge in [-0.15, -0.1) is 0 Å². The van der Waals surface area contributed by atoms with Crippen LogP contribution in [-0.4, -0.2) is 40.4 Å². The molecule has 0 aromatic carbocycles. The van der Waals surface area contributed by atoms with Crippen LogP contribution in [0.1, 0.15) is 25.4 Å². The zero-order valence-electron chi connectivity index (χ0n) is 11.0. The number of hydrogen-bond acceptors (Lipinski definition) is 4. The average molecular weight is 271 g/mol. The first-order valence-corrected chi connectivity index (χ1v) is 6.42. The molecule has 1 rings (SSSR count). The molecule has 0 bridgehead atoms. The van der Waals surface area contributed by atoms with Gasteiger partial charge in [0.15, 0.2) is 0 Å². The van der Waals surface area contributed by atoms with E-state index in [2.05, 4.69) is 15.3 Å². The fourth-order valence-electron chi connectivity index (χ4n) is 1.60. The van der Waals surface area contributed by atoms with Crippen molar-refractivity contribution in [3.05, 3.63) is 22.7 Å². The number of halogens is 1. The zero-order valence-corrected chi connectivity index (χ0v) is 11.8. The van der Waals surface area contributed by atoms with Crippen molar-refractivity contribution in [2.45, 2.75) is 27.3 Å². The van der Waals surface area contributed by atoms with Crippen molar-refractivity contribution in [2.75, 3.05) is 19.6 Å². The summed E-state index contributed by atoms with van der Waals surface area (Å²) in [5.41, 5.74) is 0.832. The van der Waals surface area contributed by atoms with Crippen LogP contribution >= 0.6 is 11.6 Å². The molecule has 0 spiro atoms. The molecule has 1 amide bonds. The molecule has 0 aliphatic heterocycles. The highest BCUT2D eigenvalue weighted by atomic mass is 35.5. The third kappa shape index (κ3) is 4.98. The molecule has 1 heterocycles. The van der Waals surface area contributed by atoms with E-state index in [1.165, 1.54) is 0 Å². The number of hydrogen-bond donors (Lipinski definition) is 1. The molecule has 0 unspecified atom stereocenters. The molecule has 0 aliphatic rings. The van der Waals surface area contributed by atoms with Crippen molar-refractivity contribution in [1.82, 2.24) is 20.2 Å². The van der Waals surface area contributed by atoms with Gasteiger partial charge in [-0.2, -0.15) is 0 Å². The van der Waals surface area contributed by atoms with Crippen LogP contribution in [0.5, 0.6) is 0 Å². The van der Waals surface area contributed by atoms with E-state index < -0.39 is 0 Å². The van der Waals surface area contributed by atoms with Crippen molar-refractivity contribution >= 4 is 17.5 Å². The van der Waals surface area contributed by atoms with Gasteiger partial charge in [-0.25, -0.2) is 9.97 Å². The van der Waals surface area contributed by atoms with Crippen LogP contribution in [0.4, 0.5) is 0 Å². The Bertz CT molecular complexity index is 391. The third-order valence-corrected chi connectivity index (χ3v) is 2.62. The smallest absolute Gasteiger partial charge is 0.234 e. The zero-order chi connectivity index (χ0) is 13.5. The number of nitrogens with one attached hydrogen (secondary N) is 1. The molecule has 6 heteroatoms. The highest BCUT2D eigenvalue weighted by Gasteiger charge is 2.11. The Balaban J connectivity index is 2.64. The van der Waals surface area contributed by atoms with Gasteiger partial charge in [0.05, 0.1) is 13.1 Å². The molecule has 0 fully saturated rings. The van der Waals surface area contributed by atoms with Crippen molar-refractivity contribution in [2.24, 2.45) is 0 Å². The van der Waals surface area contributed by atoms with Crippen LogP contribution in [0.3, 0.4) is 0 Å². The van der Waals surface area contributed by atoms with E-state index in [9.17, 15) is 4.79 Å². The fourth-order valence-corrected chi connectivity index (χ4v) is 1.85. The Morgan fingerprint density at radius 3 is 2.72 bits per heavy atom. The van der Waals surface area contributed by atoms with Gasteiger partial charge < -0.3 is 5.32 Å². The Morgan fingerprint density at radius 2 is 2.17 bits per heavy atom. The van der Waals surface area contributed by atoms with Gasteiger partial charge in [0.2, 0.25) is 5.91 Å². The van der Waals surface area contributed by atoms with Gasteiger partial charge in [-0.05, 0) is 26.5 Å². The Labute approximate surface area is 113 Å². The minimum Gasteiger partial charge on any atom is -0.355 e. The highest BCUT2D eigenvalue weighted by Crippen LogP contribution is 2.08. The monoisotopic (exact) mass is 270 g/mol. The van der Waals surface area contributed by atoms with E-state index >= 15 is 0 Å². The van der Waals surface area contributed by atoms with Crippen LogP contribution in [-0.2, 0) is 11.3 Å². The Hall–Kier alpha value is -1.20. The third-order valence-electron chi connectivity index (χ3n) is 2.42. The molecule has 0 saturated carbocycles. The summed E-state index contributed by atoms with van der Waals surface area (Å²) in [4.78, 5) is 21.9. The van der Waals surface area contributed by atoms with E-state index in [4.69, 9.17) is 11.6 Å². The summed E-state index contributed by atoms with van der Waals surface area (Å²) in [6, 6.07) is 1.71. The van der Waals surface area contributed by atoms with Gasteiger partial charge in [-0.1, -0.05) is 18.5 Å². The normalized spacial score (nSPS) is 10.7. The summed E-state index contributed by atoms with van der Waals surface area (Å²) in [5.74, 6) is 0.657. The molecular formula is C12H19ClN4O. The summed E-state index contributed by atoms with van der Waals surface area (Å²) >= 11 is 5.88. The van der Waals surface area contributed by atoms with E-state index in [1.807, 2.05) is 25.7 Å². The second-order valence-electron chi connectivity index (χ2n) is 4.01. The number of aromatic nitrogens is 2. The largest absolute Gasteiger partial charge is 0.355 e. The molecule has 0 aliphatic carbocycles. The Morgan fingerprint density at radius 1 is 1.44 bits per heavy atom. The number of nitrogens with zero attached hydrogens (tertiary/aromatic N) is 3. The molecule has 100 valence electrons. The topological polar surface area (TPSA) is 58.1 Å². The van der Waals surface area contributed by atoms with Gasteiger partial charge in [0, 0.05) is 12.2 Å². The Kier molecular flexibility index (Phi) is 6.01. The predicted octanol–water partition coefficient (Wildman–Crippen LogP) is 1.40. The number of aryl methyl sites for hydroxylation is 1. The van der Waals surface area contributed by atoms with E-state index in [-0.39, 0.29) is 5.91 Å². The molecule has 1 N–H and O–H groups in total. The molecule has 5 nitrogen and oxygen atoms in total. The van der Waals surface area contributed by atoms with Gasteiger partial charge in [0.25, 0.3) is 0 Å². The number of carbonyl (C=O) groups is 1. The molecular weight excluding hydrogens is 252 g/mol. The fraction of sp³-hybridized carbons (Fsp3) is 0.583. The first-order valence-electron chi connectivity index (χ1n) is 6.04. The first kappa shape index (κ1) is 14.9. The van der Waals surface area contributed by atoms with E-state index in [0.29, 0.717) is 30.6 Å². The van der Waals surface area contributed by atoms with Crippen LogP contribution in [0.2, 0.25) is 5.15 Å². The maximum atomic E-state index is 11.5. The van der Waals surface area contributed by atoms with Crippen LogP contribution < -0.4 is 5.32 Å². The molecule has 0 saturated heterocycles. The van der Waals surface area contributed by atoms with Crippen LogP contribution in [0.25, 0.3) is 0 Å². The van der Waals surface area contributed by atoms with Crippen molar-refractivity contribution in [1.29, 1.82) is 0 Å². The lowest BCUT2D eigenvalue weighted by Gasteiger charge is -2.18. The van der Waals surface area contributed by atoms with Crippen LogP contribution in [0.15, 0.2) is 6.07 Å². The lowest BCUT2D eigenvalue weighted by Crippen LogP contribution is -2.37.